The lowest BCUT2D eigenvalue weighted by molar-refractivity contribution is -0.139. The van der Waals surface area contributed by atoms with Crippen molar-refractivity contribution in [1.82, 2.24) is 10.2 Å². The van der Waals surface area contributed by atoms with Crippen molar-refractivity contribution >= 4 is 5.91 Å². The van der Waals surface area contributed by atoms with E-state index in [1.54, 1.807) is 6.26 Å². The molecule has 1 saturated carbocycles. The lowest BCUT2D eigenvalue weighted by Gasteiger charge is -2.33. The second-order valence-electron chi connectivity index (χ2n) is 5.57. The maximum Gasteiger partial charge on any atom is 0.242 e. The highest BCUT2D eigenvalue weighted by molar-refractivity contribution is 5.82. The van der Waals surface area contributed by atoms with E-state index in [2.05, 4.69) is 5.32 Å². The summed E-state index contributed by atoms with van der Waals surface area (Å²) >= 11 is 0. The van der Waals surface area contributed by atoms with Crippen LogP contribution in [0.25, 0.3) is 0 Å². The summed E-state index contributed by atoms with van der Waals surface area (Å²) in [6, 6.07) is 3.94. The Bertz CT molecular complexity index is 420. The van der Waals surface area contributed by atoms with Crippen molar-refractivity contribution in [3.05, 3.63) is 24.2 Å². The average molecular weight is 278 g/mol. The summed E-state index contributed by atoms with van der Waals surface area (Å²) in [6.07, 6.45) is 6.27. The monoisotopic (exact) mass is 278 g/mol. The molecular weight excluding hydrogens is 256 g/mol. The first-order valence-corrected chi connectivity index (χ1v) is 7.48. The topological polar surface area (TPSA) is 54.7 Å². The van der Waals surface area contributed by atoms with Crippen molar-refractivity contribution in [2.45, 2.75) is 44.3 Å². The molecule has 1 saturated heterocycles. The van der Waals surface area contributed by atoms with Gasteiger partial charge in [-0.2, -0.15) is 0 Å². The minimum Gasteiger partial charge on any atom is -0.467 e. The lowest BCUT2D eigenvalue weighted by Crippen LogP contribution is -2.54. The fourth-order valence-electron chi connectivity index (χ4n) is 3.10. The van der Waals surface area contributed by atoms with Gasteiger partial charge in [0.25, 0.3) is 0 Å². The third-order valence-corrected chi connectivity index (χ3v) is 4.17. The molecule has 2 aliphatic rings. The fourth-order valence-corrected chi connectivity index (χ4v) is 3.10. The van der Waals surface area contributed by atoms with Gasteiger partial charge in [0.15, 0.2) is 0 Å². The highest BCUT2D eigenvalue weighted by Gasteiger charge is 2.32. The molecule has 1 N–H and O–H groups in total. The van der Waals surface area contributed by atoms with Crippen LogP contribution in [0.15, 0.2) is 22.8 Å². The third kappa shape index (κ3) is 3.04. The van der Waals surface area contributed by atoms with Crippen molar-refractivity contribution < 1.29 is 13.9 Å². The second-order valence-corrected chi connectivity index (χ2v) is 5.57. The molecule has 1 aromatic heterocycles. The van der Waals surface area contributed by atoms with E-state index >= 15 is 0 Å². The van der Waals surface area contributed by atoms with Crippen LogP contribution >= 0.6 is 0 Å². The Hall–Kier alpha value is -1.33. The van der Waals surface area contributed by atoms with Crippen LogP contribution in [0, 0.1) is 0 Å². The van der Waals surface area contributed by atoms with Gasteiger partial charge in [0.05, 0.1) is 26.0 Å². The third-order valence-electron chi connectivity index (χ3n) is 4.17. The van der Waals surface area contributed by atoms with Gasteiger partial charge in [-0.05, 0) is 25.0 Å². The van der Waals surface area contributed by atoms with Gasteiger partial charge in [0.1, 0.15) is 11.8 Å². The number of hydrogen-bond acceptors (Lipinski definition) is 4. The Morgan fingerprint density at radius 1 is 1.40 bits per heavy atom. The van der Waals surface area contributed by atoms with E-state index in [9.17, 15) is 4.79 Å². The molecule has 5 nitrogen and oxygen atoms in total. The number of carbonyl (C=O) groups excluding carboxylic acids is 1. The number of carbonyl (C=O) groups is 1. The first kappa shape index (κ1) is 13.6. The first-order valence-electron chi connectivity index (χ1n) is 7.48. The summed E-state index contributed by atoms with van der Waals surface area (Å²) < 4.78 is 10.8. The molecule has 20 heavy (non-hydrogen) atoms. The number of amides is 1. The van der Waals surface area contributed by atoms with Crippen LogP contribution in [-0.4, -0.2) is 42.6 Å². The Labute approximate surface area is 119 Å². The summed E-state index contributed by atoms with van der Waals surface area (Å²) in [5.74, 6) is 0.995. The Morgan fingerprint density at radius 2 is 2.25 bits per heavy atom. The molecule has 1 amide bonds. The molecule has 0 aromatic carbocycles. The quantitative estimate of drug-likeness (QED) is 0.907. The summed E-state index contributed by atoms with van der Waals surface area (Å²) in [6.45, 7) is 2.47. The van der Waals surface area contributed by atoms with Gasteiger partial charge >= 0.3 is 0 Å². The molecule has 1 aliphatic heterocycles. The molecule has 1 unspecified atom stereocenters. The molecule has 110 valence electrons. The predicted octanol–water partition coefficient (Wildman–Crippen LogP) is 1.54. The largest absolute Gasteiger partial charge is 0.467 e. The summed E-state index contributed by atoms with van der Waals surface area (Å²) in [5, 5.41) is 3.26. The van der Waals surface area contributed by atoms with E-state index < -0.39 is 0 Å². The van der Waals surface area contributed by atoms with Crippen molar-refractivity contribution in [3.63, 3.8) is 0 Å². The summed E-state index contributed by atoms with van der Waals surface area (Å²) in [4.78, 5) is 14.7. The zero-order valence-corrected chi connectivity index (χ0v) is 11.7. The Balaban J connectivity index is 1.71. The van der Waals surface area contributed by atoms with Crippen LogP contribution in [0.1, 0.15) is 31.4 Å². The molecule has 0 bridgehead atoms. The average Bonchev–Trinajstić information content (AvgIpc) is 3.18. The Kier molecular flexibility index (Phi) is 4.38. The minimum absolute atomic E-state index is 0.146. The SMILES string of the molecule is O=C(C1COCCN1)N(Cc1ccco1)C1CCCC1. The number of furan rings is 1. The fraction of sp³-hybridized carbons (Fsp3) is 0.667. The second kappa shape index (κ2) is 6.41. The molecule has 2 heterocycles. The zero-order chi connectivity index (χ0) is 13.8. The van der Waals surface area contributed by atoms with E-state index in [-0.39, 0.29) is 11.9 Å². The predicted molar refractivity (Wildman–Crippen MR) is 74.1 cm³/mol. The van der Waals surface area contributed by atoms with Crippen molar-refractivity contribution in [3.8, 4) is 0 Å². The van der Waals surface area contributed by atoms with Crippen LogP contribution in [0.3, 0.4) is 0 Å². The number of nitrogens with zero attached hydrogens (tertiary/aromatic N) is 1. The molecule has 5 heteroatoms. The van der Waals surface area contributed by atoms with E-state index in [4.69, 9.17) is 9.15 Å². The van der Waals surface area contributed by atoms with Gasteiger partial charge < -0.3 is 19.4 Å². The summed E-state index contributed by atoms with van der Waals surface area (Å²) in [5.41, 5.74) is 0. The number of ether oxygens (including phenoxy) is 1. The van der Waals surface area contributed by atoms with Gasteiger partial charge in [-0.15, -0.1) is 0 Å². The molecule has 1 aromatic rings. The van der Waals surface area contributed by atoms with E-state index in [0.29, 0.717) is 25.8 Å². The van der Waals surface area contributed by atoms with Crippen LogP contribution in [0.5, 0.6) is 0 Å². The lowest BCUT2D eigenvalue weighted by atomic mass is 10.1. The van der Waals surface area contributed by atoms with Crippen LogP contribution in [0.2, 0.25) is 0 Å². The van der Waals surface area contributed by atoms with Crippen LogP contribution < -0.4 is 5.32 Å². The van der Waals surface area contributed by atoms with Crippen LogP contribution in [0.4, 0.5) is 0 Å². The maximum absolute atomic E-state index is 12.8. The molecule has 0 spiro atoms. The van der Waals surface area contributed by atoms with Gasteiger partial charge in [-0.3, -0.25) is 4.79 Å². The number of hydrogen-bond donors (Lipinski definition) is 1. The highest BCUT2D eigenvalue weighted by atomic mass is 16.5. The van der Waals surface area contributed by atoms with E-state index in [1.165, 1.54) is 12.8 Å². The van der Waals surface area contributed by atoms with Crippen molar-refractivity contribution in [2.75, 3.05) is 19.8 Å². The van der Waals surface area contributed by atoms with Gasteiger partial charge in [0, 0.05) is 12.6 Å². The molecule has 0 radical (unpaired) electrons. The summed E-state index contributed by atoms with van der Waals surface area (Å²) in [7, 11) is 0. The highest BCUT2D eigenvalue weighted by Crippen LogP contribution is 2.26. The standard InChI is InChI=1S/C15H22N2O3/c18-15(14-11-19-9-7-16-14)17(12-4-1-2-5-12)10-13-6-3-8-20-13/h3,6,8,12,14,16H,1-2,4-5,7,9-11H2. The molecule has 1 atom stereocenters. The van der Waals surface area contributed by atoms with E-state index in [1.807, 2.05) is 17.0 Å². The maximum atomic E-state index is 12.8. The van der Waals surface area contributed by atoms with Gasteiger partial charge in [0.2, 0.25) is 5.91 Å². The first-order chi connectivity index (χ1) is 9.84. The number of nitrogens with one attached hydrogen (secondary N) is 1. The smallest absolute Gasteiger partial charge is 0.242 e. The minimum atomic E-state index is -0.209. The van der Waals surface area contributed by atoms with Crippen LogP contribution in [-0.2, 0) is 16.1 Å². The normalized spacial score (nSPS) is 23.9. The number of rotatable bonds is 4. The van der Waals surface area contributed by atoms with Gasteiger partial charge in [-0.25, -0.2) is 0 Å². The van der Waals surface area contributed by atoms with E-state index in [0.717, 1.165) is 25.1 Å². The Morgan fingerprint density at radius 3 is 2.90 bits per heavy atom. The molecular formula is C15H22N2O3. The number of morpholine rings is 1. The zero-order valence-electron chi connectivity index (χ0n) is 11.7. The molecule has 2 fully saturated rings. The van der Waals surface area contributed by atoms with Crippen molar-refractivity contribution in [2.24, 2.45) is 0 Å². The van der Waals surface area contributed by atoms with Crippen molar-refractivity contribution in [1.29, 1.82) is 0 Å². The molecule has 1 aliphatic carbocycles. The molecule has 3 rings (SSSR count). The van der Waals surface area contributed by atoms with Gasteiger partial charge in [-0.1, -0.05) is 12.8 Å².